The molecule has 0 saturated heterocycles. The van der Waals surface area contributed by atoms with Gasteiger partial charge in [-0.15, -0.1) is 0 Å². The second kappa shape index (κ2) is 5.15. The van der Waals surface area contributed by atoms with Crippen molar-refractivity contribution in [1.29, 1.82) is 0 Å². The number of amides is 1. The highest BCUT2D eigenvalue weighted by Crippen LogP contribution is 2.24. The van der Waals surface area contributed by atoms with Crippen molar-refractivity contribution in [3.63, 3.8) is 0 Å². The normalized spacial score (nSPS) is 10.2. The third-order valence-electron chi connectivity index (χ3n) is 2.42. The van der Waals surface area contributed by atoms with E-state index in [-0.39, 0.29) is 16.3 Å². The summed E-state index contributed by atoms with van der Waals surface area (Å²) >= 11 is 0.941. The number of aryl methyl sites for hydroxylation is 2. The molecule has 1 amide bonds. The maximum Gasteiger partial charge on any atom is 0.340 e. The van der Waals surface area contributed by atoms with Crippen LogP contribution >= 0.6 is 11.5 Å². The van der Waals surface area contributed by atoms with E-state index >= 15 is 0 Å². The van der Waals surface area contributed by atoms with Gasteiger partial charge in [-0.05, 0) is 37.5 Å². The zero-order valence-corrected chi connectivity index (χ0v) is 11.1. The monoisotopic (exact) mass is 277 g/mol. The van der Waals surface area contributed by atoms with Gasteiger partial charge in [0.2, 0.25) is 0 Å². The van der Waals surface area contributed by atoms with Gasteiger partial charge in [0.1, 0.15) is 16.3 Å². The van der Waals surface area contributed by atoms with Gasteiger partial charge >= 0.3 is 5.97 Å². The summed E-state index contributed by atoms with van der Waals surface area (Å²) in [5, 5.41) is 11.8. The fourth-order valence-corrected chi connectivity index (χ4v) is 2.33. The Morgan fingerprint density at radius 1 is 1.32 bits per heavy atom. The van der Waals surface area contributed by atoms with Crippen molar-refractivity contribution in [1.82, 2.24) is 9.36 Å². The molecular weight excluding hydrogens is 266 g/mol. The number of hydrogen-bond donors (Lipinski definition) is 2. The van der Waals surface area contributed by atoms with Crippen molar-refractivity contribution in [3.05, 3.63) is 40.8 Å². The van der Waals surface area contributed by atoms with Crippen LogP contribution in [0, 0.1) is 13.8 Å². The van der Waals surface area contributed by atoms with Gasteiger partial charge in [0, 0.05) is 5.69 Å². The zero-order chi connectivity index (χ0) is 14.0. The first-order valence-corrected chi connectivity index (χ1v) is 6.21. The van der Waals surface area contributed by atoms with Gasteiger partial charge in [-0.1, -0.05) is 6.07 Å². The van der Waals surface area contributed by atoms with E-state index in [9.17, 15) is 9.59 Å². The molecule has 0 unspecified atom stereocenters. The highest BCUT2D eigenvalue weighted by atomic mass is 32.1. The van der Waals surface area contributed by atoms with Gasteiger partial charge in [-0.3, -0.25) is 4.79 Å². The third-order valence-corrected chi connectivity index (χ3v) is 3.28. The average Bonchev–Trinajstić information content (AvgIpc) is 2.70. The second-order valence-electron chi connectivity index (χ2n) is 3.90. The van der Waals surface area contributed by atoms with E-state index in [2.05, 4.69) is 14.7 Å². The quantitative estimate of drug-likeness (QED) is 0.896. The molecule has 2 rings (SSSR count). The maximum atomic E-state index is 12.0. The topological polar surface area (TPSA) is 92.2 Å². The van der Waals surface area contributed by atoms with Crippen LogP contribution in [0.1, 0.15) is 32.2 Å². The minimum Gasteiger partial charge on any atom is -0.478 e. The average molecular weight is 277 g/mol. The SMILES string of the molecule is Cc1cccc(C(=O)Nc2snc(C)c2C(=O)O)n1. The minimum absolute atomic E-state index is 0.0194. The molecule has 0 radical (unpaired) electrons. The van der Waals surface area contributed by atoms with Gasteiger partial charge in [-0.2, -0.15) is 4.37 Å². The predicted molar refractivity (Wildman–Crippen MR) is 70.7 cm³/mol. The van der Waals surface area contributed by atoms with Crippen molar-refractivity contribution < 1.29 is 14.7 Å². The van der Waals surface area contributed by atoms with Crippen molar-refractivity contribution >= 4 is 28.4 Å². The molecule has 0 atom stereocenters. The fourth-order valence-electron chi connectivity index (χ4n) is 1.54. The molecule has 0 bridgehead atoms. The number of rotatable bonds is 3. The van der Waals surface area contributed by atoms with Crippen LogP contribution in [0.4, 0.5) is 5.00 Å². The lowest BCUT2D eigenvalue weighted by atomic mass is 10.2. The summed E-state index contributed by atoms with van der Waals surface area (Å²) in [4.78, 5) is 27.1. The van der Waals surface area contributed by atoms with Crippen molar-refractivity contribution in [2.45, 2.75) is 13.8 Å². The number of aromatic carboxylic acids is 1. The van der Waals surface area contributed by atoms with Gasteiger partial charge in [0.15, 0.2) is 0 Å². The first kappa shape index (κ1) is 13.2. The largest absolute Gasteiger partial charge is 0.478 e. The molecule has 0 aliphatic rings. The number of aromatic nitrogens is 2. The first-order valence-electron chi connectivity index (χ1n) is 5.43. The Balaban J connectivity index is 2.27. The van der Waals surface area contributed by atoms with Crippen LogP contribution in [0.25, 0.3) is 0 Å². The number of carboxylic acids is 1. The van der Waals surface area contributed by atoms with Crippen LogP contribution < -0.4 is 5.32 Å². The Kier molecular flexibility index (Phi) is 3.57. The Bertz CT molecular complexity index is 651. The number of nitrogens with zero attached hydrogens (tertiary/aromatic N) is 2. The van der Waals surface area contributed by atoms with Crippen LogP contribution in [-0.2, 0) is 0 Å². The molecule has 0 aliphatic heterocycles. The predicted octanol–water partition coefficient (Wildman–Crippen LogP) is 2.11. The number of carbonyl (C=O) groups excluding carboxylic acids is 1. The molecule has 0 aromatic carbocycles. The second-order valence-corrected chi connectivity index (χ2v) is 4.67. The summed E-state index contributed by atoms with van der Waals surface area (Å²) in [6.45, 7) is 3.36. The molecule has 0 spiro atoms. The van der Waals surface area contributed by atoms with Crippen molar-refractivity contribution in [3.8, 4) is 0 Å². The van der Waals surface area contributed by atoms with Gasteiger partial charge in [0.05, 0.1) is 5.69 Å². The number of hydrogen-bond acceptors (Lipinski definition) is 5. The van der Waals surface area contributed by atoms with E-state index in [1.165, 1.54) is 0 Å². The van der Waals surface area contributed by atoms with Crippen LogP contribution in [0.5, 0.6) is 0 Å². The number of pyridine rings is 1. The molecule has 2 aromatic rings. The van der Waals surface area contributed by atoms with E-state index in [0.29, 0.717) is 11.4 Å². The summed E-state index contributed by atoms with van der Waals surface area (Å²) in [7, 11) is 0. The molecule has 6 nitrogen and oxygen atoms in total. The highest BCUT2D eigenvalue weighted by Gasteiger charge is 2.20. The Morgan fingerprint density at radius 2 is 2.05 bits per heavy atom. The minimum atomic E-state index is -1.11. The number of carbonyl (C=O) groups is 2. The standard InChI is InChI=1S/C12H11N3O3S/c1-6-4-3-5-8(13-6)10(16)14-11-9(12(17)18)7(2)15-19-11/h3-5H,1-2H3,(H,14,16)(H,17,18). The van der Waals surface area contributed by atoms with Gasteiger partial charge < -0.3 is 10.4 Å². The molecule has 2 aromatic heterocycles. The summed E-state index contributed by atoms with van der Waals surface area (Å²) in [6.07, 6.45) is 0. The van der Waals surface area contributed by atoms with Gasteiger partial charge in [0.25, 0.3) is 5.91 Å². The number of carboxylic acid groups (broad SMARTS) is 1. The molecule has 0 fully saturated rings. The molecule has 98 valence electrons. The summed E-state index contributed by atoms with van der Waals surface area (Å²) in [6, 6.07) is 5.06. The Morgan fingerprint density at radius 3 is 2.68 bits per heavy atom. The smallest absolute Gasteiger partial charge is 0.340 e. The van der Waals surface area contributed by atoms with E-state index in [1.807, 2.05) is 0 Å². The molecular formula is C12H11N3O3S. The van der Waals surface area contributed by atoms with Crippen LogP contribution in [0.15, 0.2) is 18.2 Å². The van der Waals surface area contributed by atoms with Gasteiger partial charge in [-0.25, -0.2) is 9.78 Å². The summed E-state index contributed by atoms with van der Waals surface area (Å²) < 4.78 is 3.93. The Labute approximate surface area is 113 Å². The summed E-state index contributed by atoms with van der Waals surface area (Å²) in [5.74, 6) is -1.56. The maximum absolute atomic E-state index is 12.0. The summed E-state index contributed by atoms with van der Waals surface area (Å²) in [5.41, 5.74) is 1.35. The third kappa shape index (κ3) is 2.76. The number of nitrogens with one attached hydrogen (secondary N) is 1. The van der Waals surface area contributed by atoms with Crippen molar-refractivity contribution in [2.24, 2.45) is 0 Å². The molecule has 2 N–H and O–H groups in total. The van der Waals surface area contributed by atoms with E-state index in [1.54, 1.807) is 32.0 Å². The molecule has 0 saturated carbocycles. The molecule has 7 heteroatoms. The number of anilines is 1. The lowest BCUT2D eigenvalue weighted by Gasteiger charge is -2.03. The van der Waals surface area contributed by atoms with E-state index < -0.39 is 11.9 Å². The van der Waals surface area contributed by atoms with Crippen LogP contribution in [-0.4, -0.2) is 26.3 Å². The van der Waals surface area contributed by atoms with Crippen LogP contribution in [0.2, 0.25) is 0 Å². The lowest BCUT2D eigenvalue weighted by molar-refractivity contribution is 0.0697. The van der Waals surface area contributed by atoms with Crippen molar-refractivity contribution in [2.75, 3.05) is 5.32 Å². The zero-order valence-electron chi connectivity index (χ0n) is 10.3. The van der Waals surface area contributed by atoms with E-state index in [0.717, 1.165) is 11.5 Å². The Hall–Kier alpha value is -2.28. The molecule has 0 aliphatic carbocycles. The first-order chi connectivity index (χ1) is 8.99. The molecule has 19 heavy (non-hydrogen) atoms. The fraction of sp³-hybridized carbons (Fsp3) is 0.167. The lowest BCUT2D eigenvalue weighted by Crippen LogP contribution is -2.15. The highest BCUT2D eigenvalue weighted by molar-refractivity contribution is 7.11. The van der Waals surface area contributed by atoms with Crippen LogP contribution in [0.3, 0.4) is 0 Å². The molecule has 2 heterocycles. The van der Waals surface area contributed by atoms with E-state index in [4.69, 9.17) is 5.11 Å².